The number of carbonyl (C=O) groups is 1. The van der Waals surface area contributed by atoms with Crippen LogP contribution in [0.25, 0.3) is 0 Å². The minimum absolute atomic E-state index is 0.102. The SMILES string of the molecule is CCCCCOc1ccccc1C(=O)NCc1ccccc1. The first-order valence-corrected chi connectivity index (χ1v) is 7.85. The number of para-hydroxylation sites is 1. The zero-order chi connectivity index (χ0) is 15.6. The van der Waals surface area contributed by atoms with Gasteiger partial charge in [0, 0.05) is 6.54 Å². The highest BCUT2D eigenvalue weighted by Crippen LogP contribution is 2.18. The first-order chi connectivity index (χ1) is 10.8. The van der Waals surface area contributed by atoms with Crippen LogP contribution < -0.4 is 10.1 Å². The molecule has 116 valence electrons. The lowest BCUT2D eigenvalue weighted by molar-refractivity contribution is 0.0946. The maximum absolute atomic E-state index is 12.3. The van der Waals surface area contributed by atoms with Crippen LogP contribution in [0.1, 0.15) is 42.1 Å². The molecule has 0 unspecified atom stereocenters. The van der Waals surface area contributed by atoms with Gasteiger partial charge >= 0.3 is 0 Å². The average Bonchev–Trinajstić information content (AvgIpc) is 2.58. The Morgan fingerprint density at radius 1 is 1.00 bits per heavy atom. The Bertz CT molecular complexity index is 581. The highest BCUT2D eigenvalue weighted by Gasteiger charge is 2.11. The van der Waals surface area contributed by atoms with Gasteiger partial charge in [-0.05, 0) is 24.1 Å². The van der Waals surface area contributed by atoms with Crippen molar-refractivity contribution in [1.82, 2.24) is 5.32 Å². The second-order valence-electron chi connectivity index (χ2n) is 5.22. The predicted octanol–water partition coefficient (Wildman–Crippen LogP) is 4.19. The van der Waals surface area contributed by atoms with Crippen molar-refractivity contribution >= 4 is 5.91 Å². The highest BCUT2D eigenvalue weighted by molar-refractivity contribution is 5.96. The molecular formula is C19H23NO2. The Morgan fingerprint density at radius 3 is 2.50 bits per heavy atom. The van der Waals surface area contributed by atoms with Crippen LogP contribution in [0, 0.1) is 0 Å². The van der Waals surface area contributed by atoms with Crippen LogP contribution in [0.5, 0.6) is 5.75 Å². The number of unbranched alkanes of at least 4 members (excludes halogenated alkanes) is 2. The number of amides is 1. The predicted molar refractivity (Wildman–Crippen MR) is 89.1 cm³/mol. The molecule has 0 saturated heterocycles. The third-order valence-electron chi connectivity index (χ3n) is 3.43. The van der Waals surface area contributed by atoms with Gasteiger partial charge in [0.05, 0.1) is 12.2 Å². The van der Waals surface area contributed by atoms with E-state index in [2.05, 4.69) is 12.2 Å². The number of rotatable bonds is 8. The Labute approximate surface area is 132 Å². The molecule has 22 heavy (non-hydrogen) atoms. The normalized spacial score (nSPS) is 10.2. The van der Waals surface area contributed by atoms with E-state index in [1.165, 1.54) is 0 Å². The monoisotopic (exact) mass is 297 g/mol. The molecule has 0 bridgehead atoms. The van der Waals surface area contributed by atoms with Crippen LogP contribution in [-0.2, 0) is 6.54 Å². The van der Waals surface area contributed by atoms with Crippen LogP contribution in [0.4, 0.5) is 0 Å². The first kappa shape index (κ1) is 16.1. The molecule has 3 heteroatoms. The largest absolute Gasteiger partial charge is 0.493 e. The Morgan fingerprint density at radius 2 is 1.73 bits per heavy atom. The summed E-state index contributed by atoms with van der Waals surface area (Å²) in [4.78, 5) is 12.3. The Hall–Kier alpha value is -2.29. The van der Waals surface area contributed by atoms with Gasteiger partial charge in [0.15, 0.2) is 0 Å². The molecule has 0 aromatic heterocycles. The lowest BCUT2D eigenvalue weighted by Gasteiger charge is -2.11. The zero-order valence-electron chi connectivity index (χ0n) is 13.0. The third-order valence-corrected chi connectivity index (χ3v) is 3.43. The number of nitrogens with one attached hydrogen (secondary N) is 1. The van der Waals surface area contributed by atoms with E-state index in [-0.39, 0.29) is 5.91 Å². The summed E-state index contributed by atoms with van der Waals surface area (Å²) in [5, 5.41) is 2.94. The van der Waals surface area contributed by atoms with E-state index in [0.29, 0.717) is 24.5 Å². The summed E-state index contributed by atoms with van der Waals surface area (Å²) in [6.07, 6.45) is 3.31. The summed E-state index contributed by atoms with van der Waals surface area (Å²) >= 11 is 0. The molecule has 3 nitrogen and oxygen atoms in total. The van der Waals surface area contributed by atoms with Gasteiger partial charge in [-0.1, -0.05) is 62.2 Å². The Balaban J connectivity index is 1.94. The topological polar surface area (TPSA) is 38.3 Å². The molecule has 0 aliphatic rings. The minimum Gasteiger partial charge on any atom is -0.493 e. The van der Waals surface area contributed by atoms with Crippen LogP contribution >= 0.6 is 0 Å². The van der Waals surface area contributed by atoms with Crippen molar-refractivity contribution in [3.63, 3.8) is 0 Å². The van der Waals surface area contributed by atoms with Gasteiger partial charge in [0.1, 0.15) is 5.75 Å². The molecule has 0 saturated carbocycles. The third kappa shape index (κ3) is 4.92. The van der Waals surface area contributed by atoms with Gasteiger partial charge in [0.25, 0.3) is 5.91 Å². The van der Waals surface area contributed by atoms with E-state index < -0.39 is 0 Å². The molecule has 2 rings (SSSR count). The summed E-state index contributed by atoms with van der Waals surface area (Å²) in [5.41, 5.74) is 1.67. The minimum atomic E-state index is -0.102. The van der Waals surface area contributed by atoms with Gasteiger partial charge < -0.3 is 10.1 Å². The van der Waals surface area contributed by atoms with E-state index in [1.54, 1.807) is 6.07 Å². The van der Waals surface area contributed by atoms with E-state index in [9.17, 15) is 4.79 Å². The van der Waals surface area contributed by atoms with Crippen LogP contribution in [-0.4, -0.2) is 12.5 Å². The zero-order valence-corrected chi connectivity index (χ0v) is 13.0. The summed E-state index contributed by atoms with van der Waals surface area (Å²) < 4.78 is 5.75. The molecule has 0 fully saturated rings. The molecule has 0 aliphatic carbocycles. The Kier molecular flexibility index (Phi) is 6.49. The lowest BCUT2D eigenvalue weighted by Crippen LogP contribution is -2.23. The van der Waals surface area contributed by atoms with Crippen molar-refractivity contribution in [2.75, 3.05) is 6.61 Å². The number of carbonyl (C=O) groups excluding carboxylic acids is 1. The first-order valence-electron chi connectivity index (χ1n) is 7.85. The van der Waals surface area contributed by atoms with Gasteiger partial charge in [-0.3, -0.25) is 4.79 Å². The summed E-state index contributed by atoms with van der Waals surface area (Å²) in [7, 11) is 0. The number of ether oxygens (including phenoxy) is 1. The number of benzene rings is 2. The highest BCUT2D eigenvalue weighted by atomic mass is 16.5. The fourth-order valence-electron chi connectivity index (χ4n) is 2.19. The maximum atomic E-state index is 12.3. The van der Waals surface area contributed by atoms with Gasteiger partial charge in [-0.2, -0.15) is 0 Å². The molecule has 1 N–H and O–H groups in total. The van der Waals surface area contributed by atoms with E-state index in [0.717, 1.165) is 24.8 Å². The lowest BCUT2D eigenvalue weighted by atomic mass is 10.1. The molecule has 0 radical (unpaired) electrons. The van der Waals surface area contributed by atoms with E-state index >= 15 is 0 Å². The molecule has 0 aliphatic heterocycles. The van der Waals surface area contributed by atoms with Gasteiger partial charge in [-0.25, -0.2) is 0 Å². The van der Waals surface area contributed by atoms with Crippen LogP contribution in [0.15, 0.2) is 54.6 Å². The molecular weight excluding hydrogens is 274 g/mol. The van der Waals surface area contributed by atoms with Crippen molar-refractivity contribution in [2.45, 2.75) is 32.7 Å². The van der Waals surface area contributed by atoms with Gasteiger partial charge in [-0.15, -0.1) is 0 Å². The molecule has 0 spiro atoms. The van der Waals surface area contributed by atoms with Crippen molar-refractivity contribution in [3.05, 3.63) is 65.7 Å². The molecule has 0 heterocycles. The van der Waals surface area contributed by atoms with Crippen LogP contribution in [0.3, 0.4) is 0 Å². The maximum Gasteiger partial charge on any atom is 0.255 e. The van der Waals surface area contributed by atoms with Crippen molar-refractivity contribution in [3.8, 4) is 5.75 Å². The number of hydrogen-bond donors (Lipinski definition) is 1. The smallest absolute Gasteiger partial charge is 0.255 e. The van der Waals surface area contributed by atoms with Crippen molar-refractivity contribution in [2.24, 2.45) is 0 Å². The van der Waals surface area contributed by atoms with E-state index in [1.807, 2.05) is 48.5 Å². The average molecular weight is 297 g/mol. The second-order valence-corrected chi connectivity index (χ2v) is 5.22. The summed E-state index contributed by atoms with van der Waals surface area (Å²) in [6, 6.07) is 17.3. The summed E-state index contributed by atoms with van der Waals surface area (Å²) in [5.74, 6) is 0.555. The van der Waals surface area contributed by atoms with Gasteiger partial charge in [0.2, 0.25) is 0 Å². The molecule has 2 aromatic rings. The van der Waals surface area contributed by atoms with Crippen molar-refractivity contribution < 1.29 is 9.53 Å². The molecule has 2 aromatic carbocycles. The molecule has 1 amide bonds. The van der Waals surface area contributed by atoms with E-state index in [4.69, 9.17) is 4.74 Å². The standard InChI is InChI=1S/C19H23NO2/c1-2-3-9-14-22-18-13-8-7-12-17(18)19(21)20-15-16-10-5-4-6-11-16/h4-8,10-13H,2-3,9,14-15H2,1H3,(H,20,21). The summed E-state index contributed by atoms with van der Waals surface area (Å²) in [6.45, 7) is 3.33. The number of hydrogen-bond acceptors (Lipinski definition) is 2. The quantitative estimate of drug-likeness (QED) is 0.742. The molecule has 0 atom stereocenters. The second kappa shape index (κ2) is 8.88. The van der Waals surface area contributed by atoms with Crippen LogP contribution in [0.2, 0.25) is 0 Å². The van der Waals surface area contributed by atoms with Crippen molar-refractivity contribution in [1.29, 1.82) is 0 Å². The fourth-order valence-corrected chi connectivity index (χ4v) is 2.19. The fraction of sp³-hybridized carbons (Fsp3) is 0.316.